The highest BCUT2D eigenvalue weighted by Crippen LogP contribution is 2.42. The Balaban J connectivity index is 1.53. The van der Waals surface area contributed by atoms with Crippen molar-refractivity contribution >= 4 is 11.0 Å². The lowest BCUT2D eigenvalue weighted by Gasteiger charge is -2.27. The van der Waals surface area contributed by atoms with Crippen molar-refractivity contribution in [3.8, 4) is 56.3 Å². The first kappa shape index (κ1) is 38.8. The molecule has 4 nitrogen and oxygen atoms in total. The Morgan fingerprint density at radius 2 is 1.07 bits per heavy atom. The molecule has 0 saturated heterocycles. The van der Waals surface area contributed by atoms with Crippen LogP contribution >= 0.6 is 0 Å². The number of hydrogen-bond donors (Lipinski definition) is 1. The summed E-state index contributed by atoms with van der Waals surface area (Å²) < 4.78 is 2.25. The summed E-state index contributed by atoms with van der Waals surface area (Å²) in [6.07, 6.45) is 1.93. The van der Waals surface area contributed by atoms with E-state index in [2.05, 4.69) is 173 Å². The van der Waals surface area contributed by atoms with Crippen LogP contribution in [0.2, 0.25) is 0 Å². The van der Waals surface area contributed by atoms with Crippen LogP contribution in [0.1, 0.15) is 105 Å². The molecule has 0 saturated carbocycles. The maximum absolute atomic E-state index is 11.9. The van der Waals surface area contributed by atoms with E-state index in [1.807, 2.05) is 36.5 Å². The van der Waals surface area contributed by atoms with Crippen LogP contribution in [0.15, 0.2) is 121 Å². The van der Waals surface area contributed by atoms with E-state index in [4.69, 9.17) is 9.97 Å². The van der Waals surface area contributed by atoms with Crippen LogP contribution in [0.4, 0.5) is 0 Å². The number of imidazole rings is 1. The number of aromatic hydroxyl groups is 1. The van der Waals surface area contributed by atoms with Gasteiger partial charge in [0.25, 0.3) is 0 Å². The molecule has 0 amide bonds. The molecular weight excluding hydrogens is 683 g/mol. The van der Waals surface area contributed by atoms with Crippen molar-refractivity contribution in [3.63, 3.8) is 0 Å². The zero-order chi connectivity index (χ0) is 40.4. The number of nitrogens with zero attached hydrogens (tertiary/aromatic N) is 3. The Morgan fingerprint density at radius 3 is 1.68 bits per heavy atom. The monoisotopic (exact) mass is 739 g/mol. The fourth-order valence-electron chi connectivity index (χ4n) is 7.33. The minimum atomic E-state index is -0.103. The molecule has 7 rings (SSSR count). The molecule has 5 aromatic carbocycles. The molecule has 4 heteroatoms. The van der Waals surface area contributed by atoms with E-state index in [0.29, 0.717) is 11.4 Å². The molecule has 7 aromatic rings. The van der Waals surface area contributed by atoms with Gasteiger partial charge in [-0.3, -0.25) is 9.55 Å². The Bertz CT molecular complexity index is 2530. The van der Waals surface area contributed by atoms with Crippen LogP contribution in [-0.2, 0) is 21.7 Å². The SMILES string of the molecule is CC(C)(C)c1cc(-c2cc(C(C)(C)C)ccn2)cc(-c2cccc3c2nc(-c2ccc(-c4ccccc4)cc2O)n3-c2cc(C(C)(C)C)cc(C(C)(C)C)c2)c1. The number of aromatic nitrogens is 3. The first-order chi connectivity index (χ1) is 26.2. The lowest BCUT2D eigenvalue weighted by Crippen LogP contribution is -2.17. The average molecular weight is 740 g/mol. The summed E-state index contributed by atoms with van der Waals surface area (Å²) in [5.41, 5.74) is 14.4. The second-order valence-corrected chi connectivity index (χ2v) is 19.5. The normalized spacial score (nSPS) is 12.7. The van der Waals surface area contributed by atoms with E-state index in [1.165, 1.54) is 22.3 Å². The molecule has 0 aliphatic heterocycles. The van der Waals surface area contributed by atoms with Gasteiger partial charge in [-0.25, -0.2) is 4.98 Å². The van der Waals surface area contributed by atoms with Gasteiger partial charge in [-0.1, -0.05) is 144 Å². The number of fused-ring (bicyclic) bond motifs is 1. The van der Waals surface area contributed by atoms with E-state index in [0.717, 1.165) is 50.2 Å². The molecule has 1 N–H and O–H groups in total. The van der Waals surface area contributed by atoms with E-state index in [9.17, 15) is 5.11 Å². The van der Waals surface area contributed by atoms with Gasteiger partial charge >= 0.3 is 0 Å². The highest BCUT2D eigenvalue weighted by atomic mass is 16.3. The molecule has 2 aromatic heterocycles. The molecule has 0 fully saturated rings. The molecular formula is C52H57N3O. The number of phenols is 1. The van der Waals surface area contributed by atoms with Crippen LogP contribution in [-0.4, -0.2) is 19.6 Å². The topological polar surface area (TPSA) is 50.9 Å². The summed E-state index contributed by atoms with van der Waals surface area (Å²) in [7, 11) is 0. The van der Waals surface area contributed by atoms with E-state index in [1.54, 1.807) is 0 Å². The second kappa shape index (κ2) is 13.9. The van der Waals surface area contributed by atoms with Crippen LogP contribution in [0.3, 0.4) is 0 Å². The molecule has 0 aliphatic carbocycles. The van der Waals surface area contributed by atoms with Gasteiger partial charge in [0.15, 0.2) is 0 Å². The largest absolute Gasteiger partial charge is 0.507 e. The van der Waals surface area contributed by atoms with Crippen molar-refractivity contribution in [2.75, 3.05) is 0 Å². The molecule has 0 unspecified atom stereocenters. The predicted molar refractivity (Wildman–Crippen MR) is 237 cm³/mol. The average Bonchev–Trinajstić information content (AvgIpc) is 3.53. The molecule has 2 heterocycles. The summed E-state index contributed by atoms with van der Waals surface area (Å²) in [6, 6.07) is 40.8. The summed E-state index contributed by atoms with van der Waals surface area (Å²) >= 11 is 0. The maximum atomic E-state index is 11.9. The Labute approximate surface area is 334 Å². The van der Waals surface area contributed by atoms with Crippen molar-refractivity contribution < 1.29 is 5.11 Å². The highest BCUT2D eigenvalue weighted by Gasteiger charge is 2.26. The standard InChI is InChI=1S/C52H57N3O/c1-49(2,3)37-23-24-53-44(32-37)36-25-35(26-38(27-36)50(4,5)6)42-19-16-20-45-47(42)54-48(43-22-21-34(28-46(43)56)33-17-14-13-15-18-33)55(45)41-30-39(51(7,8)9)29-40(31-41)52(10,11)12/h13-32,56H,1-12H3. The van der Waals surface area contributed by atoms with Gasteiger partial charge in [0.1, 0.15) is 11.6 Å². The molecule has 0 spiro atoms. The predicted octanol–water partition coefficient (Wildman–Crippen LogP) is 14.0. The number of pyridine rings is 1. The lowest BCUT2D eigenvalue weighted by molar-refractivity contribution is 0.477. The summed E-state index contributed by atoms with van der Waals surface area (Å²) in [6.45, 7) is 27.1. The minimum absolute atomic E-state index is 0.00100. The van der Waals surface area contributed by atoms with Crippen LogP contribution in [0, 0.1) is 0 Å². The van der Waals surface area contributed by atoms with Crippen molar-refractivity contribution in [2.45, 2.75) is 105 Å². The molecule has 0 aliphatic rings. The van der Waals surface area contributed by atoms with Gasteiger partial charge in [0, 0.05) is 23.0 Å². The Kier molecular flexibility index (Phi) is 9.64. The van der Waals surface area contributed by atoms with Crippen molar-refractivity contribution in [2.24, 2.45) is 0 Å². The first-order valence-corrected chi connectivity index (χ1v) is 19.9. The van der Waals surface area contributed by atoms with Crippen molar-refractivity contribution in [3.05, 3.63) is 144 Å². The van der Waals surface area contributed by atoms with Crippen LogP contribution < -0.4 is 0 Å². The van der Waals surface area contributed by atoms with Gasteiger partial charge in [-0.2, -0.15) is 0 Å². The lowest BCUT2D eigenvalue weighted by atomic mass is 9.80. The van der Waals surface area contributed by atoms with Gasteiger partial charge in [0.2, 0.25) is 0 Å². The molecule has 286 valence electrons. The van der Waals surface area contributed by atoms with E-state index >= 15 is 0 Å². The van der Waals surface area contributed by atoms with Crippen LogP contribution in [0.5, 0.6) is 5.75 Å². The summed E-state index contributed by atoms with van der Waals surface area (Å²) in [4.78, 5) is 10.4. The van der Waals surface area contributed by atoms with Gasteiger partial charge in [-0.05, 0) is 115 Å². The summed E-state index contributed by atoms with van der Waals surface area (Å²) in [5, 5.41) is 11.9. The number of benzene rings is 5. The van der Waals surface area contributed by atoms with Crippen molar-refractivity contribution in [1.82, 2.24) is 14.5 Å². The highest BCUT2D eigenvalue weighted by molar-refractivity contribution is 5.97. The first-order valence-electron chi connectivity index (χ1n) is 19.9. The fraction of sp³-hybridized carbons (Fsp3) is 0.308. The molecule has 0 radical (unpaired) electrons. The maximum Gasteiger partial charge on any atom is 0.149 e. The van der Waals surface area contributed by atoms with Crippen molar-refractivity contribution in [1.29, 1.82) is 0 Å². The molecule has 0 bridgehead atoms. The zero-order valence-electron chi connectivity index (χ0n) is 35.3. The van der Waals surface area contributed by atoms with Gasteiger partial charge in [0.05, 0.1) is 22.3 Å². The molecule has 56 heavy (non-hydrogen) atoms. The number of phenolic OH excluding ortho intramolecular Hbond substituents is 1. The third-order valence-corrected chi connectivity index (χ3v) is 11.0. The molecule has 0 atom stereocenters. The number of para-hydroxylation sites is 1. The number of hydrogen-bond acceptors (Lipinski definition) is 3. The number of rotatable bonds is 5. The van der Waals surface area contributed by atoms with E-state index in [-0.39, 0.29) is 27.4 Å². The van der Waals surface area contributed by atoms with Gasteiger partial charge < -0.3 is 5.11 Å². The summed E-state index contributed by atoms with van der Waals surface area (Å²) in [5.74, 6) is 0.886. The Hall–Kier alpha value is -5.48. The third kappa shape index (κ3) is 7.67. The van der Waals surface area contributed by atoms with Crippen LogP contribution in [0.25, 0.3) is 61.6 Å². The second-order valence-electron chi connectivity index (χ2n) is 19.5. The fourth-order valence-corrected chi connectivity index (χ4v) is 7.33. The van der Waals surface area contributed by atoms with Gasteiger partial charge in [-0.15, -0.1) is 0 Å². The minimum Gasteiger partial charge on any atom is -0.507 e. The quantitative estimate of drug-likeness (QED) is 0.191. The third-order valence-electron chi connectivity index (χ3n) is 11.0. The van der Waals surface area contributed by atoms with E-state index < -0.39 is 0 Å². The zero-order valence-corrected chi connectivity index (χ0v) is 35.3. The smallest absolute Gasteiger partial charge is 0.149 e. The Morgan fingerprint density at radius 1 is 0.464 bits per heavy atom.